The van der Waals surface area contributed by atoms with E-state index in [1.165, 1.54) is 19.4 Å². The van der Waals surface area contributed by atoms with Gasteiger partial charge in [0.25, 0.3) is 0 Å². The molecule has 1 aromatic carbocycles. The minimum Gasteiger partial charge on any atom is -0.480 e. The first-order chi connectivity index (χ1) is 9.01. The van der Waals surface area contributed by atoms with Gasteiger partial charge in [0.15, 0.2) is 0 Å². The van der Waals surface area contributed by atoms with Crippen LogP contribution in [-0.4, -0.2) is 17.1 Å². The van der Waals surface area contributed by atoms with E-state index in [-0.39, 0.29) is 16.8 Å². The summed E-state index contributed by atoms with van der Waals surface area (Å²) < 4.78 is 24.8. The number of hydrogen-bond acceptors (Lipinski definition) is 4. The van der Waals surface area contributed by atoms with Gasteiger partial charge in [0.1, 0.15) is 11.6 Å². The second kappa shape index (κ2) is 6.02. The van der Waals surface area contributed by atoms with Crippen molar-refractivity contribution in [3.05, 3.63) is 38.1 Å². The molecule has 0 N–H and O–H groups in total. The zero-order valence-corrected chi connectivity index (χ0v) is 13.4. The Morgan fingerprint density at radius 2 is 2.00 bits per heavy atom. The summed E-state index contributed by atoms with van der Waals surface area (Å²) in [5.74, 6) is -0.0641. The van der Waals surface area contributed by atoms with Gasteiger partial charge in [0.2, 0.25) is 5.88 Å². The highest BCUT2D eigenvalue weighted by atomic mass is 79.9. The zero-order valence-electron chi connectivity index (χ0n) is 9.45. The first-order valence-electron chi connectivity index (χ1n) is 4.90. The Morgan fingerprint density at radius 1 is 1.26 bits per heavy atom. The molecule has 1 aromatic heterocycles. The smallest absolute Gasteiger partial charge is 0.325 e. The predicted octanol–water partition coefficient (Wildman–Crippen LogP) is 4.60. The Hall–Kier alpha value is -0.920. The van der Waals surface area contributed by atoms with Crippen LogP contribution < -0.4 is 9.47 Å². The van der Waals surface area contributed by atoms with Crippen molar-refractivity contribution in [3.8, 4) is 17.6 Å². The number of aromatic nitrogens is 2. The maximum atomic E-state index is 13.4. The monoisotopic (exact) mass is 410 g/mol. The van der Waals surface area contributed by atoms with Crippen LogP contribution in [0.3, 0.4) is 0 Å². The molecule has 0 amide bonds. The molecule has 0 aliphatic carbocycles. The fraction of sp³-hybridized carbons (Fsp3) is 0.0909. The van der Waals surface area contributed by atoms with E-state index in [4.69, 9.17) is 21.1 Å². The van der Waals surface area contributed by atoms with E-state index in [9.17, 15) is 4.39 Å². The van der Waals surface area contributed by atoms with Gasteiger partial charge in [-0.05, 0) is 37.9 Å². The van der Waals surface area contributed by atoms with Gasteiger partial charge in [-0.15, -0.1) is 0 Å². The Balaban J connectivity index is 2.33. The third kappa shape index (κ3) is 3.34. The fourth-order valence-electron chi connectivity index (χ4n) is 1.21. The molecule has 2 rings (SSSR count). The van der Waals surface area contributed by atoms with Crippen molar-refractivity contribution in [1.82, 2.24) is 9.97 Å². The number of methoxy groups -OCH3 is 1. The summed E-state index contributed by atoms with van der Waals surface area (Å²) in [6.45, 7) is 0. The van der Waals surface area contributed by atoms with Crippen LogP contribution in [-0.2, 0) is 0 Å². The van der Waals surface area contributed by atoms with E-state index in [1.54, 1.807) is 0 Å². The molecule has 0 saturated carbocycles. The second-order valence-corrected chi connectivity index (χ2v) is 5.42. The minimum absolute atomic E-state index is 0.00599. The number of benzene rings is 1. The molecule has 0 spiro atoms. The number of hydrogen-bond donors (Lipinski definition) is 0. The van der Waals surface area contributed by atoms with E-state index < -0.39 is 5.82 Å². The summed E-state index contributed by atoms with van der Waals surface area (Å²) in [4.78, 5) is 7.94. The standard InChI is InChI=1S/C11H6Br2ClFN2O2/c1-18-10-6(13)4-16-11(17-10)19-9-3-8(15)7(14)2-5(9)12/h2-4H,1H3. The molecule has 0 fully saturated rings. The minimum atomic E-state index is -0.594. The van der Waals surface area contributed by atoms with Gasteiger partial charge in [-0.3, -0.25) is 0 Å². The third-order valence-corrected chi connectivity index (χ3v) is 3.51. The van der Waals surface area contributed by atoms with Crippen molar-refractivity contribution in [3.63, 3.8) is 0 Å². The quantitative estimate of drug-likeness (QED) is 0.692. The molecule has 0 unspecified atom stereocenters. The summed E-state index contributed by atoms with van der Waals surface area (Å²) in [7, 11) is 1.47. The normalized spacial score (nSPS) is 10.4. The Bertz CT molecular complexity index is 628. The Morgan fingerprint density at radius 3 is 2.68 bits per heavy atom. The molecule has 0 aliphatic heterocycles. The lowest BCUT2D eigenvalue weighted by Gasteiger charge is -2.08. The molecule has 0 bridgehead atoms. The van der Waals surface area contributed by atoms with Gasteiger partial charge in [-0.25, -0.2) is 9.37 Å². The lowest BCUT2D eigenvalue weighted by molar-refractivity contribution is 0.372. The average molecular weight is 412 g/mol. The van der Waals surface area contributed by atoms with E-state index in [2.05, 4.69) is 41.8 Å². The van der Waals surface area contributed by atoms with E-state index in [1.807, 2.05) is 0 Å². The van der Waals surface area contributed by atoms with Gasteiger partial charge in [0, 0.05) is 6.07 Å². The lowest BCUT2D eigenvalue weighted by Crippen LogP contribution is -1.96. The van der Waals surface area contributed by atoms with E-state index in [0.717, 1.165) is 6.07 Å². The van der Waals surface area contributed by atoms with E-state index in [0.29, 0.717) is 14.8 Å². The summed E-state index contributed by atoms with van der Waals surface area (Å²) in [6.07, 6.45) is 1.47. The highest BCUT2D eigenvalue weighted by Crippen LogP contribution is 2.33. The highest BCUT2D eigenvalue weighted by Gasteiger charge is 2.12. The maximum absolute atomic E-state index is 13.4. The lowest BCUT2D eigenvalue weighted by atomic mass is 10.3. The molecular weight excluding hydrogens is 406 g/mol. The molecule has 0 radical (unpaired) electrons. The number of ether oxygens (including phenoxy) is 2. The second-order valence-electron chi connectivity index (χ2n) is 3.31. The zero-order chi connectivity index (χ0) is 14.0. The van der Waals surface area contributed by atoms with Crippen molar-refractivity contribution in [2.45, 2.75) is 0 Å². The van der Waals surface area contributed by atoms with Crippen molar-refractivity contribution in [2.24, 2.45) is 0 Å². The molecule has 100 valence electrons. The maximum Gasteiger partial charge on any atom is 0.325 e. The SMILES string of the molecule is COc1nc(Oc2cc(F)c(Cl)cc2Br)ncc1Br. The van der Waals surface area contributed by atoms with Gasteiger partial charge >= 0.3 is 6.01 Å². The first-order valence-corrected chi connectivity index (χ1v) is 6.86. The summed E-state index contributed by atoms with van der Waals surface area (Å²) in [6, 6.07) is 2.56. The van der Waals surface area contributed by atoms with Crippen molar-refractivity contribution < 1.29 is 13.9 Å². The van der Waals surface area contributed by atoms with Crippen molar-refractivity contribution in [2.75, 3.05) is 7.11 Å². The first kappa shape index (κ1) is 14.5. The van der Waals surface area contributed by atoms with Crippen LogP contribution in [0.1, 0.15) is 0 Å². The predicted molar refractivity (Wildman–Crippen MR) is 75.5 cm³/mol. The van der Waals surface area contributed by atoms with Gasteiger partial charge in [0.05, 0.1) is 27.3 Å². The molecule has 2 aromatic rings. The molecular formula is C11H6Br2ClFN2O2. The van der Waals surface area contributed by atoms with Crippen molar-refractivity contribution >= 4 is 43.5 Å². The molecule has 4 nitrogen and oxygen atoms in total. The topological polar surface area (TPSA) is 44.2 Å². The van der Waals surface area contributed by atoms with Crippen LogP contribution >= 0.6 is 43.5 Å². The van der Waals surface area contributed by atoms with Crippen LogP contribution in [0.15, 0.2) is 27.3 Å². The molecule has 19 heavy (non-hydrogen) atoms. The van der Waals surface area contributed by atoms with Crippen LogP contribution in [0.5, 0.6) is 17.6 Å². The Kier molecular flexibility index (Phi) is 4.59. The average Bonchev–Trinajstić information content (AvgIpc) is 2.38. The van der Waals surface area contributed by atoms with Crippen LogP contribution in [0.2, 0.25) is 5.02 Å². The number of nitrogens with zero attached hydrogens (tertiary/aromatic N) is 2. The van der Waals surface area contributed by atoms with Crippen molar-refractivity contribution in [1.29, 1.82) is 0 Å². The summed E-state index contributed by atoms with van der Waals surface area (Å²) in [5.41, 5.74) is 0. The molecule has 8 heteroatoms. The largest absolute Gasteiger partial charge is 0.480 e. The van der Waals surface area contributed by atoms with Gasteiger partial charge in [-0.2, -0.15) is 4.98 Å². The van der Waals surface area contributed by atoms with Crippen LogP contribution in [0.25, 0.3) is 0 Å². The number of rotatable bonds is 3. The van der Waals surface area contributed by atoms with E-state index >= 15 is 0 Å². The van der Waals surface area contributed by atoms with Gasteiger partial charge < -0.3 is 9.47 Å². The third-order valence-electron chi connectivity index (χ3n) is 2.06. The molecule has 0 saturated heterocycles. The summed E-state index contributed by atoms with van der Waals surface area (Å²) in [5, 5.41) is -0.00599. The van der Waals surface area contributed by atoms with Crippen LogP contribution in [0, 0.1) is 5.82 Å². The highest BCUT2D eigenvalue weighted by molar-refractivity contribution is 9.10. The molecule has 0 atom stereocenters. The fourth-order valence-corrected chi connectivity index (χ4v) is 2.28. The molecule has 0 aliphatic rings. The Labute approximate surface area is 130 Å². The summed E-state index contributed by atoms with van der Waals surface area (Å²) >= 11 is 12.1. The van der Waals surface area contributed by atoms with Crippen LogP contribution in [0.4, 0.5) is 4.39 Å². The van der Waals surface area contributed by atoms with Gasteiger partial charge in [-0.1, -0.05) is 11.6 Å². The molecule has 1 heterocycles. The number of halogens is 4.